The van der Waals surface area contributed by atoms with Crippen LogP contribution in [-0.2, 0) is 16.4 Å². The number of alkyl halides is 1. The molecule has 1 aromatic carbocycles. The monoisotopic (exact) mass is 319 g/mol. The number of hydrogen-bond donors (Lipinski definition) is 1. The maximum Gasteiger partial charge on any atom is 0.240 e. The number of halogens is 1. The predicted octanol–water partition coefficient (Wildman–Crippen LogP) is 2.64. The lowest BCUT2D eigenvalue weighted by Gasteiger charge is -2.22. The summed E-state index contributed by atoms with van der Waals surface area (Å²) in [5.41, 5.74) is 1.06. The highest BCUT2D eigenvalue weighted by molar-refractivity contribution is 7.99. The van der Waals surface area contributed by atoms with Crippen LogP contribution in [0.3, 0.4) is 0 Å². The summed E-state index contributed by atoms with van der Waals surface area (Å²) in [6, 6.07) is 7.02. The van der Waals surface area contributed by atoms with Crippen LogP contribution in [0.25, 0.3) is 0 Å². The maximum atomic E-state index is 12.2. The molecule has 1 aliphatic heterocycles. The number of rotatable bonds is 5. The van der Waals surface area contributed by atoms with E-state index in [2.05, 4.69) is 4.72 Å². The van der Waals surface area contributed by atoms with Crippen LogP contribution in [-0.4, -0.2) is 31.8 Å². The van der Waals surface area contributed by atoms with Gasteiger partial charge >= 0.3 is 0 Å². The SMILES string of the molecule is O=S(=O)(NC1CCCSC1)c1ccc(CCCl)cc1. The second kappa shape index (κ2) is 6.97. The van der Waals surface area contributed by atoms with Gasteiger partial charge in [0, 0.05) is 17.7 Å². The van der Waals surface area contributed by atoms with Crippen molar-refractivity contribution in [2.75, 3.05) is 17.4 Å². The molecule has 1 atom stereocenters. The summed E-state index contributed by atoms with van der Waals surface area (Å²) in [6.07, 6.45) is 2.76. The minimum Gasteiger partial charge on any atom is -0.207 e. The minimum atomic E-state index is -3.39. The fraction of sp³-hybridized carbons (Fsp3) is 0.538. The van der Waals surface area contributed by atoms with E-state index in [1.165, 1.54) is 0 Å². The Morgan fingerprint density at radius 2 is 2.05 bits per heavy atom. The first-order chi connectivity index (χ1) is 9.12. The van der Waals surface area contributed by atoms with Gasteiger partial charge in [-0.05, 0) is 42.7 Å². The molecule has 1 aromatic rings. The van der Waals surface area contributed by atoms with E-state index in [-0.39, 0.29) is 6.04 Å². The molecule has 3 nitrogen and oxygen atoms in total. The van der Waals surface area contributed by atoms with E-state index in [1.54, 1.807) is 23.9 Å². The van der Waals surface area contributed by atoms with E-state index < -0.39 is 10.0 Å². The van der Waals surface area contributed by atoms with Gasteiger partial charge in [0.25, 0.3) is 0 Å². The van der Waals surface area contributed by atoms with Crippen LogP contribution >= 0.6 is 23.4 Å². The number of benzene rings is 1. The molecule has 106 valence electrons. The van der Waals surface area contributed by atoms with Gasteiger partial charge in [0.15, 0.2) is 0 Å². The van der Waals surface area contributed by atoms with Gasteiger partial charge in [0.05, 0.1) is 4.90 Å². The number of aryl methyl sites for hydroxylation is 1. The molecular weight excluding hydrogens is 302 g/mol. The first-order valence-electron chi connectivity index (χ1n) is 6.37. The van der Waals surface area contributed by atoms with E-state index in [9.17, 15) is 8.42 Å². The Kier molecular flexibility index (Phi) is 5.57. The molecular formula is C13H18ClNO2S2. The predicted molar refractivity (Wildman–Crippen MR) is 81.5 cm³/mol. The highest BCUT2D eigenvalue weighted by Crippen LogP contribution is 2.19. The third-order valence-corrected chi connectivity index (χ3v) is 6.04. The Bertz CT molecular complexity index is 496. The van der Waals surface area contributed by atoms with Crippen LogP contribution in [0, 0.1) is 0 Å². The average molecular weight is 320 g/mol. The molecule has 0 aromatic heterocycles. The third-order valence-electron chi connectivity index (χ3n) is 3.10. The normalized spacial score (nSPS) is 20.4. The lowest BCUT2D eigenvalue weighted by molar-refractivity contribution is 0.543. The Labute approximate surface area is 124 Å². The zero-order valence-electron chi connectivity index (χ0n) is 10.6. The molecule has 1 aliphatic rings. The molecule has 2 rings (SSSR count). The van der Waals surface area contributed by atoms with Crippen molar-refractivity contribution in [3.8, 4) is 0 Å². The van der Waals surface area contributed by atoms with Gasteiger partial charge in [0.2, 0.25) is 10.0 Å². The van der Waals surface area contributed by atoms with Crippen molar-refractivity contribution in [3.05, 3.63) is 29.8 Å². The van der Waals surface area contributed by atoms with Crippen molar-refractivity contribution in [2.24, 2.45) is 0 Å². The number of nitrogens with one attached hydrogen (secondary N) is 1. The fourth-order valence-corrected chi connectivity index (χ4v) is 4.73. The second-order valence-corrected chi connectivity index (χ2v) is 7.86. The summed E-state index contributed by atoms with van der Waals surface area (Å²) in [5.74, 6) is 2.54. The zero-order chi connectivity index (χ0) is 13.7. The molecule has 0 amide bonds. The maximum absolute atomic E-state index is 12.2. The summed E-state index contributed by atoms with van der Waals surface area (Å²) < 4.78 is 27.2. The molecule has 0 aliphatic carbocycles. The van der Waals surface area contributed by atoms with Gasteiger partial charge in [0.1, 0.15) is 0 Å². The van der Waals surface area contributed by atoms with Crippen LogP contribution in [0.4, 0.5) is 0 Å². The van der Waals surface area contributed by atoms with E-state index in [1.807, 2.05) is 12.1 Å². The van der Waals surface area contributed by atoms with Gasteiger partial charge in [-0.1, -0.05) is 12.1 Å². The van der Waals surface area contributed by atoms with Gasteiger partial charge in [-0.15, -0.1) is 11.6 Å². The molecule has 1 N–H and O–H groups in total. The number of hydrogen-bond acceptors (Lipinski definition) is 3. The largest absolute Gasteiger partial charge is 0.240 e. The van der Waals surface area contributed by atoms with Gasteiger partial charge in [-0.25, -0.2) is 13.1 Å². The first-order valence-corrected chi connectivity index (χ1v) is 9.54. The summed E-state index contributed by atoms with van der Waals surface area (Å²) in [5, 5.41) is 0. The zero-order valence-corrected chi connectivity index (χ0v) is 13.0. The van der Waals surface area contributed by atoms with E-state index in [0.29, 0.717) is 10.8 Å². The van der Waals surface area contributed by atoms with Gasteiger partial charge in [-0.3, -0.25) is 0 Å². The van der Waals surface area contributed by atoms with Crippen molar-refractivity contribution in [3.63, 3.8) is 0 Å². The molecule has 1 unspecified atom stereocenters. The summed E-state index contributed by atoms with van der Waals surface area (Å²) in [4.78, 5) is 0.335. The summed E-state index contributed by atoms with van der Waals surface area (Å²) >= 11 is 7.47. The molecule has 0 spiro atoms. The van der Waals surface area contributed by atoms with E-state index in [4.69, 9.17) is 11.6 Å². The highest BCUT2D eigenvalue weighted by atomic mass is 35.5. The Balaban J connectivity index is 2.05. The van der Waals surface area contributed by atoms with Gasteiger partial charge in [-0.2, -0.15) is 11.8 Å². The molecule has 19 heavy (non-hydrogen) atoms. The van der Waals surface area contributed by atoms with Crippen molar-refractivity contribution in [1.29, 1.82) is 0 Å². The summed E-state index contributed by atoms with van der Waals surface area (Å²) in [7, 11) is -3.39. The molecule has 0 bridgehead atoms. The molecule has 0 saturated carbocycles. The molecule has 1 saturated heterocycles. The van der Waals surface area contributed by atoms with Gasteiger partial charge < -0.3 is 0 Å². The lowest BCUT2D eigenvalue weighted by atomic mass is 10.2. The van der Waals surface area contributed by atoms with Crippen LogP contribution in [0.2, 0.25) is 0 Å². The number of thioether (sulfide) groups is 1. The molecule has 0 radical (unpaired) electrons. The highest BCUT2D eigenvalue weighted by Gasteiger charge is 2.21. The molecule has 1 heterocycles. The quantitative estimate of drug-likeness (QED) is 0.849. The topological polar surface area (TPSA) is 46.2 Å². The molecule has 6 heteroatoms. The van der Waals surface area contributed by atoms with E-state index >= 15 is 0 Å². The molecule has 1 fully saturated rings. The van der Waals surface area contributed by atoms with Crippen LogP contribution < -0.4 is 4.72 Å². The van der Waals surface area contributed by atoms with Crippen molar-refractivity contribution in [2.45, 2.75) is 30.2 Å². The Morgan fingerprint density at radius 3 is 2.63 bits per heavy atom. The van der Waals surface area contributed by atoms with E-state index in [0.717, 1.165) is 36.3 Å². The standard InChI is InChI=1S/C13H18ClNO2S2/c14-8-7-11-3-5-13(6-4-11)19(16,17)15-12-2-1-9-18-10-12/h3-6,12,15H,1-2,7-10H2. The Morgan fingerprint density at radius 1 is 1.32 bits per heavy atom. The van der Waals surface area contributed by atoms with Crippen LogP contribution in [0.15, 0.2) is 29.2 Å². The van der Waals surface area contributed by atoms with Crippen molar-refractivity contribution < 1.29 is 8.42 Å². The Hall–Kier alpha value is -0.230. The van der Waals surface area contributed by atoms with Crippen molar-refractivity contribution in [1.82, 2.24) is 4.72 Å². The number of sulfonamides is 1. The average Bonchev–Trinajstić information content (AvgIpc) is 2.40. The lowest BCUT2D eigenvalue weighted by Crippen LogP contribution is -2.38. The van der Waals surface area contributed by atoms with Crippen LogP contribution in [0.5, 0.6) is 0 Å². The first kappa shape index (κ1) is 15.2. The second-order valence-electron chi connectivity index (χ2n) is 4.62. The third kappa shape index (κ3) is 4.38. The smallest absolute Gasteiger partial charge is 0.207 e. The summed E-state index contributed by atoms with van der Waals surface area (Å²) in [6.45, 7) is 0. The van der Waals surface area contributed by atoms with Crippen LogP contribution in [0.1, 0.15) is 18.4 Å². The fourth-order valence-electron chi connectivity index (χ4n) is 2.07. The minimum absolute atomic E-state index is 0.0614. The van der Waals surface area contributed by atoms with Crippen molar-refractivity contribution >= 4 is 33.4 Å².